The van der Waals surface area contributed by atoms with Gasteiger partial charge in [-0.25, -0.2) is 0 Å². The first kappa shape index (κ1) is 16.2. The van der Waals surface area contributed by atoms with Gasteiger partial charge in [0, 0.05) is 12.1 Å². The third kappa shape index (κ3) is 3.31. The number of rotatable bonds is 3. The fourth-order valence-corrected chi connectivity index (χ4v) is 2.97. The fourth-order valence-electron chi connectivity index (χ4n) is 2.97. The van der Waals surface area contributed by atoms with Crippen molar-refractivity contribution in [3.63, 3.8) is 0 Å². The summed E-state index contributed by atoms with van der Waals surface area (Å²) >= 11 is 0. The summed E-state index contributed by atoms with van der Waals surface area (Å²) in [5.74, 6) is -1.49. The van der Waals surface area contributed by atoms with Crippen LogP contribution >= 0.6 is 0 Å². The first-order chi connectivity index (χ1) is 11.6. The molecule has 3 N–H and O–H groups in total. The van der Waals surface area contributed by atoms with Crippen molar-refractivity contribution < 1.29 is 14.7 Å². The van der Waals surface area contributed by atoms with Crippen LogP contribution in [0.25, 0.3) is 0 Å². The average Bonchev–Trinajstić information content (AvgIpc) is 2.91. The van der Waals surface area contributed by atoms with E-state index in [1.54, 1.807) is 12.1 Å². The van der Waals surface area contributed by atoms with Crippen molar-refractivity contribution in [1.82, 2.24) is 5.32 Å². The summed E-state index contributed by atoms with van der Waals surface area (Å²) in [6.45, 7) is 2.05. The minimum absolute atomic E-state index is 0.473. The maximum atomic E-state index is 12.1. The van der Waals surface area contributed by atoms with Crippen LogP contribution in [0.2, 0.25) is 0 Å². The van der Waals surface area contributed by atoms with Crippen LogP contribution in [0, 0.1) is 0 Å². The zero-order valence-electron chi connectivity index (χ0n) is 13.5. The Hall–Kier alpha value is -2.66. The highest BCUT2D eigenvalue weighted by Gasteiger charge is 2.33. The minimum Gasteiger partial charge on any atom is -0.390 e. The smallest absolute Gasteiger partial charge is 0.313 e. The predicted octanol–water partition coefficient (Wildman–Crippen LogP) is 1.96. The van der Waals surface area contributed by atoms with E-state index in [-0.39, 0.29) is 0 Å². The number of carbonyl (C=O) groups excluding carboxylic acids is 2. The topological polar surface area (TPSA) is 78.4 Å². The number of hydrogen-bond acceptors (Lipinski definition) is 3. The van der Waals surface area contributed by atoms with Gasteiger partial charge in [-0.2, -0.15) is 0 Å². The lowest BCUT2D eigenvalue weighted by atomic mass is 10.1. The van der Waals surface area contributed by atoms with Crippen molar-refractivity contribution >= 4 is 17.5 Å². The van der Waals surface area contributed by atoms with Crippen molar-refractivity contribution in [2.24, 2.45) is 0 Å². The molecule has 1 aliphatic rings. The molecule has 3 rings (SSSR count). The molecule has 2 unspecified atom stereocenters. The molecular weight excluding hydrogens is 304 g/mol. The molecule has 1 aliphatic carbocycles. The molecule has 0 saturated heterocycles. The van der Waals surface area contributed by atoms with Crippen molar-refractivity contribution in [3.05, 3.63) is 65.2 Å². The Bertz CT molecular complexity index is 755. The number of anilines is 1. The Morgan fingerprint density at radius 3 is 2.50 bits per heavy atom. The zero-order chi connectivity index (χ0) is 17.1. The van der Waals surface area contributed by atoms with Crippen LogP contribution in [-0.2, 0) is 22.4 Å². The maximum absolute atomic E-state index is 12.1. The molecule has 2 amide bonds. The zero-order valence-corrected chi connectivity index (χ0v) is 13.5. The van der Waals surface area contributed by atoms with E-state index in [1.165, 1.54) is 0 Å². The number of fused-ring (bicyclic) bond motifs is 1. The van der Waals surface area contributed by atoms with E-state index >= 15 is 0 Å². The van der Waals surface area contributed by atoms with Gasteiger partial charge in [0.05, 0.1) is 12.1 Å². The van der Waals surface area contributed by atoms with Gasteiger partial charge in [-0.05, 0) is 35.2 Å². The van der Waals surface area contributed by atoms with Crippen molar-refractivity contribution in [1.29, 1.82) is 0 Å². The molecular formula is C19H20N2O3. The molecule has 0 radical (unpaired) electrons. The summed E-state index contributed by atoms with van der Waals surface area (Å²) in [5, 5.41) is 15.3. The van der Waals surface area contributed by atoms with Crippen LogP contribution < -0.4 is 10.6 Å². The molecule has 5 nitrogen and oxygen atoms in total. The third-order valence-corrected chi connectivity index (χ3v) is 4.32. The number of aryl methyl sites for hydroxylation is 1. The van der Waals surface area contributed by atoms with Crippen LogP contribution in [0.3, 0.4) is 0 Å². The van der Waals surface area contributed by atoms with Gasteiger partial charge >= 0.3 is 11.8 Å². The summed E-state index contributed by atoms with van der Waals surface area (Å²) in [6, 6.07) is 14.3. The molecule has 2 aromatic rings. The molecule has 0 aliphatic heterocycles. The molecule has 124 valence electrons. The summed E-state index contributed by atoms with van der Waals surface area (Å²) < 4.78 is 0. The van der Waals surface area contributed by atoms with Gasteiger partial charge in [0.25, 0.3) is 0 Å². The first-order valence-electron chi connectivity index (χ1n) is 8.05. The summed E-state index contributed by atoms with van der Waals surface area (Å²) in [6.07, 6.45) is 0.664. The molecule has 0 fully saturated rings. The number of hydrogen-bond donors (Lipinski definition) is 3. The van der Waals surface area contributed by atoms with E-state index in [9.17, 15) is 14.7 Å². The van der Waals surface area contributed by atoms with E-state index in [2.05, 4.69) is 10.6 Å². The lowest BCUT2D eigenvalue weighted by molar-refractivity contribution is -0.137. The SMILES string of the molecule is CCc1ccc(NC(=O)C(=O)NC2c3ccccc3CC2O)cc1. The van der Waals surface area contributed by atoms with Gasteiger partial charge in [-0.15, -0.1) is 0 Å². The molecule has 0 spiro atoms. The number of aliphatic hydroxyl groups is 1. The predicted molar refractivity (Wildman–Crippen MR) is 91.5 cm³/mol. The van der Waals surface area contributed by atoms with Crippen LogP contribution in [-0.4, -0.2) is 23.0 Å². The summed E-state index contributed by atoms with van der Waals surface area (Å²) in [5.41, 5.74) is 3.58. The quantitative estimate of drug-likeness (QED) is 0.755. The Kier molecular flexibility index (Phi) is 4.62. The molecule has 0 heterocycles. The molecule has 0 bridgehead atoms. The number of amides is 2. The van der Waals surface area contributed by atoms with Crippen molar-refractivity contribution in [2.45, 2.75) is 31.9 Å². The number of aliphatic hydroxyl groups excluding tert-OH is 1. The third-order valence-electron chi connectivity index (χ3n) is 4.32. The summed E-state index contributed by atoms with van der Waals surface area (Å²) in [7, 11) is 0. The lowest BCUT2D eigenvalue weighted by Gasteiger charge is -2.17. The van der Waals surface area contributed by atoms with Crippen LogP contribution in [0.4, 0.5) is 5.69 Å². The van der Waals surface area contributed by atoms with Gasteiger partial charge in [-0.3, -0.25) is 9.59 Å². The highest BCUT2D eigenvalue weighted by atomic mass is 16.3. The van der Waals surface area contributed by atoms with Gasteiger partial charge in [-0.1, -0.05) is 43.3 Å². The lowest BCUT2D eigenvalue weighted by Crippen LogP contribution is -2.40. The van der Waals surface area contributed by atoms with Crippen LogP contribution in [0.5, 0.6) is 0 Å². The van der Waals surface area contributed by atoms with Crippen LogP contribution in [0.1, 0.15) is 29.7 Å². The van der Waals surface area contributed by atoms with Gasteiger partial charge in [0.15, 0.2) is 0 Å². The van der Waals surface area contributed by atoms with Crippen molar-refractivity contribution in [3.8, 4) is 0 Å². The van der Waals surface area contributed by atoms with E-state index in [1.807, 2.05) is 43.3 Å². The second-order valence-electron chi connectivity index (χ2n) is 5.93. The minimum atomic E-state index is -0.754. The average molecular weight is 324 g/mol. The molecule has 5 heteroatoms. The Morgan fingerprint density at radius 1 is 1.08 bits per heavy atom. The Morgan fingerprint density at radius 2 is 1.79 bits per heavy atom. The normalized spacial score (nSPS) is 18.8. The van der Waals surface area contributed by atoms with E-state index < -0.39 is 24.0 Å². The van der Waals surface area contributed by atoms with Gasteiger partial charge < -0.3 is 15.7 Å². The Labute approximate surface area is 140 Å². The number of nitrogens with one attached hydrogen (secondary N) is 2. The number of carbonyl (C=O) groups is 2. The highest BCUT2D eigenvalue weighted by Crippen LogP contribution is 2.31. The van der Waals surface area contributed by atoms with Crippen molar-refractivity contribution in [2.75, 3.05) is 5.32 Å². The second-order valence-corrected chi connectivity index (χ2v) is 5.93. The monoisotopic (exact) mass is 324 g/mol. The van der Waals surface area contributed by atoms with E-state index in [0.29, 0.717) is 12.1 Å². The molecule has 2 aromatic carbocycles. The van der Waals surface area contributed by atoms with E-state index in [0.717, 1.165) is 23.1 Å². The number of benzene rings is 2. The Balaban J connectivity index is 1.65. The molecule has 24 heavy (non-hydrogen) atoms. The molecule has 0 aromatic heterocycles. The fraction of sp³-hybridized carbons (Fsp3) is 0.263. The van der Waals surface area contributed by atoms with E-state index in [4.69, 9.17) is 0 Å². The first-order valence-corrected chi connectivity index (χ1v) is 8.05. The maximum Gasteiger partial charge on any atom is 0.313 e. The van der Waals surface area contributed by atoms with Gasteiger partial charge in [0.1, 0.15) is 0 Å². The summed E-state index contributed by atoms with van der Waals surface area (Å²) in [4.78, 5) is 24.2. The highest BCUT2D eigenvalue weighted by molar-refractivity contribution is 6.39. The largest absolute Gasteiger partial charge is 0.390 e. The standard InChI is InChI=1S/C19H20N2O3/c1-2-12-7-9-14(10-8-12)20-18(23)19(24)21-17-15-6-4-3-5-13(15)11-16(17)22/h3-10,16-17,22H,2,11H2,1H3,(H,20,23)(H,21,24). The molecule has 0 saturated carbocycles. The molecule has 2 atom stereocenters. The van der Waals surface area contributed by atoms with Gasteiger partial charge in [0.2, 0.25) is 0 Å². The second kappa shape index (κ2) is 6.84. The van der Waals surface area contributed by atoms with Crippen LogP contribution in [0.15, 0.2) is 48.5 Å².